The molecule has 42 heavy (non-hydrogen) atoms. The molecule has 3 heteroatoms. The van der Waals surface area contributed by atoms with Gasteiger partial charge >= 0.3 is 5.97 Å². The molecule has 1 aromatic carbocycles. The number of methoxy groups -OCH3 is 1. The van der Waals surface area contributed by atoms with E-state index in [1.54, 1.807) is 6.08 Å². The van der Waals surface area contributed by atoms with E-state index >= 15 is 0 Å². The maximum Gasteiger partial charge on any atom is 0.337 e. The number of benzene rings is 1. The zero-order chi connectivity index (χ0) is 30.9. The molecular formula is C39H58O3. The fourth-order valence-electron chi connectivity index (χ4n) is 11.6. The van der Waals surface area contributed by atoms with Crippen LogP contribution in [0.3, 0.4) is 0 Å². The average molecular weight is 575 g/mol. The van der Waals surface area contributed by atoms with Crippen LogP contribution >= 0.6 is 0 Å². The van der Waals surface area contributed by atoms with Gasteiger partial charge in [0.15, 0.2) is 0 Å². The second kappa shape index (κ2) is 12.5. The monoisotopic (exact) mass is 574 g/mol. The first-order valence-corrected chi connectivity index (χ1v) is 16.6. The molecule has 0 amide bonds. The fourth-order valence-corrected chi connectivity index (χ4v) is 11.6. The third-order valence-corrected chi connectivity index (χ3v) is 13.2. The Morgan fingerprint density at radius 3 is 2.17 bits per heavy atom. The van der Waals surface area contributed by atoms with Gasteiger partial charge in [-0.05, 0) is 139 Å². The van der Waals surface area contributed by atoms with Gasteiger partial charge in [0, 0.05) is 7.11 Å². The van der Waals surface area contributed by atoms with E-state index in [-0.39, 0.29) is 11.4 Å². The number of aliphatic hydroxyl groups excluding tert-OH is 1. The van der Waals surface area contributed by atoms with Crippen LogP contribution in [0.2, 0.25) is 0 Å². The van der Waals surface area contributed by atoms with E-state index in [4.69, 9.17) is 9.84 Å². The largest absolute Gasteiger partial charge is 0.465 e. The predicted molar refractivity (Wildman–Crippen MR) is 176 cm³/mol. The SMILES string of the molecule is C=CC.C=CC12CCC[C@@H]1C1CCC3C(C)(CCC4C(C)(C)C(c5ccc(C(=O)OC)cc5)=CCC43C)C1CC2.CO. The number of carbonyl (C=O) groups excluding carboxylic acids is 1. The fraction of sp³-hybridized carbons (Fsp3) is 0.667. The van der Waals surface area contributed by atoms with Gasteiger partial charge in [-0.1, -0.05) is 64.5 Å². The van der Waals surface area contributed by atoms with Crippen LogP contribution in [-0.2, 0) is 4.74 Å². The number of ether oxygens (including phenoxy) is 1. The van der Waals surface area contributed by atoms with Crippen molar-refractivity contribution in [3.8, 4) is 0 Å². The maximum absolute atomic E-state index is 12.0. The average Bonchev–Trinajstić information content (AvgIpc) is 3.43. The summed E-state index contributed by atoms with van der Waals surface area (Å²) in [4.78, 5) is 12.0. The van der Waals surface area contributed by atoms with Crippen LogP contribution < -0.4 is 0 Å². The first kappa shape index (κ1) is 32.8. The Bertz CT molecular complexity index is 1160. The lowest BCUT2D eigenvalue weighted by atomic mass is 9.36. The van der Waals surface area contributed by atoms with Crippen molar-refractivity contribution < 1.29 is 14.6 Å². The van der Waals surface area contributed by atoms with Gasteiger partial charge in [-0.15, -0.1) is 13.2 Å². The Morgan fingerprint density at radius 2 is 1.55 bits per heavy atom. The number of rotatable bonds is 3. The molecule has 0 bridgehead atoms. The molecule has 0 spiro atoms. The van der Waals surface area contributed by atoms with E-state index in [9.17, 15) is 4.79 Å². The second-order valence-corrected chi connectivity index (χ2v) is 15.0. The standard InChI is InChI=1S/C35H48O2.C3H6.CH4O/c1-7-35-19-8-9-28(35)25-14-15-30-33(4,27(25)17-22-35)21-18-29-32(2,3)26(16-20-34(29,30)5)23-10-12-24(13-11-23)31(36)37-6;1-3-2;1-2/h7,10-13,16,25,27-30H,1,8-9,14-15,17-22H2,2-6H3;3H,1H2,2H3;2H,1H3/t25?,27?,28-,29?,30?,33?,34?,35?;;/m1../s1. The Hall–Kier alpha value is -2.13. The van der Waals surface area contributed by atoms with Gasteiger partial charge in [0.1, 0.15) is 0 Å². The highest BCUT2D eigenvalue weighted by molar-refractivity contribution is 5.89. The van der Waals surface area contributed by atoms with Gasteiger partial charge in [0.2, 0.25) is 0 Å². The maximum atomic E-state index is 12.0. The van der Waals surface area contributed by atoms with Gasteiger partial charge in [0.05, 0.1) is 12.7 Å². The van der Waals surface area contributed by atoms with Crippen LogP contribution in [0.25, 0.3) is 5.57 Å². The summed E-state index contributed by atoms with van der Waals surface area (Å²) in [5, 5.41) is 7.00. The van der Waals surface area contributed by atoms with Gasteiger partial charge < -0.3 is 9.84 Å². The van der Waals surface area contributed by atoms with Crippen molar-refractivity contribution in [3.05, 3.63) is 66.8 Å². The number of allylic oxidation sites excluding steroid dienone is 4. The summed E-state index contributed by atoms with van der Waals surface area (Å²) in [6, 6.07) is 8.13. The number of fused-ring (bicyclic) bond motifs is 7. The Morgan fingerprint density at radius 1 is 0.881 bits per heavy atom. The molecule has 4 saturated carbocycles. The van der Waals surface area contributed by atoms with E-state index in [0.717, 1.165) is 30.8 Å². The highest BCUT2D eigenvalue weighted by atomic mass is 16.5. The zero-order valence-corrected chi connectivity index (χ0v) is 27.7. The van der Waals surface area contributed by atoms with Crippen molar-refractivity contribution in [1.82, 2.24) is 0 Å². The highest BCUT2D eigenvalue weighted by Gasteiger charge is 2.65. The van der Waals surface area contributed by atoms with E-state index in [1.807, 2.05) is 19.1 Å². The smallest absolute Gasteiger partial charge is 0.337 e. The van der Waals surface area contributed by atoms with Crippen LogP contribution in [0.5, 0.6) is 0 Å². The molecule has 7 unspecified atom stereocenters. The molecule has 0 saturated heterocycles. The minimum Gasteiger partial charge on any atom is -0.465 e. The third-order valence-electron chi connectivity index (χ3n) is 13.2. The van der Waals surface area contributed by atoms with Crippen LogP contribution in [0.15, 0.2) is 55.7 Å². The van der Waals surface area contributed by atoms with Gasteiger partial charge in [0.25, 0.3) is 0 Å². The van der Waals surface area contributed by atoms with Crippen molar-refractivity contribution in [3.63, 3.8) is 0 Å². The van der Waals surface area contributed by atoms with Crippen LogP contribution in [-0.4, -0.2) is 25.3 Å². The summed E-state index contributed by atoms with van der Waals surface area (Å²) in [5.74, 6) is 3.97. The molecule has 0 radical (unpaired) electrons. The quantitative estimate of drug-likeness (QED) is 0.289. The summed E-state index contributed by atoms with van der Waals surface area (Å²) in [6.07, 6.45) is 20.6. The zero-order valence-electron chi connectivity index (χ0n) is 27.7. The molecule has 8 atom stereocenters. The molecule has 1 aromatic rings. The predicted octanol–water partition coefficient (Wildman–Crippen LogP) is 9.92. The van der Waals surface area contributed by atoms with Gasteiger partial charge in [-0.2, -0.15) is 0 Å². The minimum atomic E-state index is -0.260. The molecule has 4 fully saturated rings. The van der Waals surface area contributed by atoms with Gasteiger partial charge in [-0.25, -0.2) is 4.79 Å². The van der Waals surface area contributed by atoms with Gasteiger partial charge in [-0.3, -0.25) is 0 Å². The molecule has 0 aliphatic heterocycles. The summed E-state index contributed by atoms with van der Waals surface area (Å²) >= 11 is 0. The third kappa shape index (κ3) is 5.06. The summed E-state index contributed by atoms with van der Waals surface area (Å²) in [5.41, 5.74) is 4.79. The molecular weight excluding hydrogens is 516 g/mol. The molecule has 5 aliphatic carbocycles. The normalized spacial score (nSPS) is 39.1. The van der Waals surface area contributed by atoms with Crippen molar-refractivity contribution >= 4 is 11.5 Å². The molecule has 0 heterocycles. The Balaban J connectivity index is 0.000000763. The second-order valence-electron chi connectivity index (χ2n) is 15.0. The van der Waals surface area contributed by atoms with Crippen molar-refractivity contribution in [2.24, 2.45) is 51.2 Å². The topological polar surface area (TPSA) is 46.5 Å². The number of carbonyl (C=O) groups is 1. The summed E-state index contributed by atoms with van der Waals surface area (Å²) < 4.78 is 4.92. The molecule has 0 aromatic heterocycles. The molecule has 3 nitrogen and oxygen atoms in total. The van der Waals surface area contributed by atoms with Crippen molar-refractivity contribution in [1.29, 1.82) is 0 Å². The number of aliphatic hydroxyl groups is 1. The lowest BCUT2D eigenvalue weighted by Crippen LogP contribution is -2.60. The van der Waals surface area contributed by atoms with E-state index in [0.29, 0.717) is 27.7 Å². The molecule has 232 valence electrons. The Labute approximate surface area is 256 Å². The summed E-state index contributed by atoms with van der Waals surface area (Å²) in [6.45, 7) is 20.0. The first-order valence-electron chi connectivity index (χ1n) is 16.6. The Kier molecular flexibility index (Phi) is 9.73. The molecule has 1 N–H and O–H groups in total. The van der Waals surface area contributed by atoms with E-state index in [2.05, 4.69) is 65.1 Å². The number of hydrogen-bond donors (Lipinski definition) is 1. The number of esters is 1. The summed E-state index contributed by atoms with van der Waals surface area (Å²) in [7, 11) is 2.45. The van der Waals surface area contributed by atoms with E-state index < -0.39 is 0 Å². The molecule has 5 aliphatic rings. The van der Waals surface area contributed by atoms with Crippen LogP contribution in [0.4, 0.5) is 0 Å². The van der Waals surface area contributed by atoms with Crippen molar-refractivity contribution in [2.45, 2.75) is 98.8 Å². The highest BCUT2D eigenvalue weighted by Crippen LogP contribution is 2.73. The lowest BCUT2D eigenvalue weighted by molar-refractivity contribution is -0.174. The van der Waals surface area contributed by atoms with E-state index in [1.165, 1.54) is 82.5 Å². The molecule has 6 rings (SSSR count). The first-order chi connectivity index (χ1) is 20.0. The van der Waals surface area contributed by atoms with Crippen molar-refractivity contribution in [2.75, 3.05) is 14.2 Å². The minimum absolute atomic E-state index is 0.119. The van der Waals surface area contributed by atoms with Crippen LogP contribution in [0.1, 0.15) is 115 Å². The number of hydrogen-bond acceptors (Lipinski definition) is 3. The lowest BCUT2D eigenvalue weighted by Gasteiger charge is -2.68. The van der Waals surface area contributed by atoms with Crippen LogP contribution in [0, 0.1) is 51.2 Å².